The van der Waals surface area contributed by atoms with E-state index in [0.717, 1.165) is 17.7 Å². The molecule has 0 atom stereocenters. The second-order valence-electron chi connectivity index (χ2n) is 5.99. The van der Waals surface area contributed by atoms with Crippen LogP contribution in [0.2, 0.25) is 0 Å². The van der Waals surface area contributed by atoms with Crippen molar-refractivity contribution in [2.24, 2.45) is 0 Å². The van der Waals surface area contributed by atoms with Gasteiger partial charge in [-0.3, -0.25) is 4.79 Å². The number of aryl methyl sites for hydroxylation is 1. The van der Waals surface area contributed by atoms with Crippen LogP contribution >= 0.6 is 0 Å². The second kappa shape index (κ2) is 8.08. The molecule has 0 saturated heterocycles. The van der Waals surface area contributed by atoms with Gasteiger partial charge in [0.15, 0.2) is 0 Å². The lowest BCUT2D eigenvalue weighted by Crippen LogP contribution is -2.15. The van der Waals surface area contributed by atoms with Gasteiger partial charge in [-0.25, -0.2) is 9.97 Å². The van der Waals surface area contributed by atoms with E-state index in [4.69, 9.17) is 4.74 Å². The number of benzene rings is 2. The van der Waals surface area contributed by atoms with Gasteiger partial charge in [0, 0.05) is 6.20 Å². The highest BCUT2D eigenvalue weighted by atomic mass is 19.4. The minimum Gasteiger partial charge on any atom is -0.457 e. The zero-order valence-corrected chi connectivity index (χ0v) is 14.8. The minimum atomic E-state index is -4.43. The highest BCUT2D eigenvalue weighted by Crippen LogP contribution is 2.32. The average molecular weight is 387 g/mol. The number of halogens is 3. The number of carbonyl (C=O) groups is 1. The Kier molecular flexibility index (Phi) is 5.58. The van der Waals surface area contributed by atoms with Crippen LogP contribution in [0.25, 0.3) is 0 Å². The Morgan fingerprint density at radius 3 is 2.50 bits per heavy atom. The van der Waals surface area contributed by atoms with Crippen molar-refractivity contribution in [3.63, 3.8) is 0 Å². The van der Waals surface area contributed by atoms with Gasteiger partial charge < -0.3 is 10.1 Å². The fourth-order valence-corrected chi connectivity index (χ4v) is 2.45. The third-order valence-corrected chi connectivity index (χ3v) is 3.73. The van der Waals surface area contributed by atoms with E-state index in [1.165, 1.54) is 12.1 Å². The van der Waals surface area contributed by atoms with Crippen LogP contribution in [-0.2, 0) is 17.4 Å². The van der Waals surface area contributed by atoms with E-state index in [1.807, 2.05) is 0 Å². The lowest BCUT2D eigenvalue weighted by atomic mass is 10.1. The maximum absolute atomic E-state index is 12.8. The maximum atomic E-state index is 12.8. The molecular formula is C20H16F3N3O2. The van der Waals surface area contributed by atoms with E-state index >= 15 is 0 Å². The highest BCUT2D eigenvalue weighted by Gasteiger charge is 2.30. The first kappa shape index (κ1) is 19.3. The number of nitrogens with one attached hydrogen (secondary N) is 1. The van der Waals surface area contributed by atoms with Gasteiger partial charge in [0.2, 0.25) is 5.91 Å². The van der Waals surface area contributed by atoms with Crippen molar-refractivity contribution in [1.82, 2.24) is 9.97 Å². The maximum Gasteiger partial charge on any atom is 0.416 e. The topological polar surface area (TPSA) is 64.1 Å². The number of hydrogen-bond acceptors (Lipinski definition) is 4. The van der Waals surface area contributed by atoms with Crippen molar-refractivity contribution >= 4 is 11.7 Å². The van der Waals surface area contributed by atoms with Crippen LogP contribution in [0.4, 0.5) is 19.0 Å². The van der Waals surface area contributed by atoms with Crippen molar-refractivity contribution in [3.05, 3.63) is 77.7 Å². The van der Waals surface area contributed by atoms with Gasteiger partial charge in [0.25, 0.3) is 0 Å². The summed E-state index contributed by atoms with van der Waals surface area (Å²) in [5.41, 5.74) is -0.0575. The third kappa shape index (κ3) is 5.29. The van der Waals surface area contributed by atoms with E-state index in [-0.39, 0.29) is 18.1 Å². The molecule has 0 aliphatic carbocycles. The number of nitrogens with zero attached hydrogens (tertiary/aromatic N) is 2. The van der Waals surface area contributed by atoms with Gasteiger partial charge in [-0.1, -0.05) is 18.2 Å². The summed E-state index contributed by atoms with van der Waals surface area (Å²) in [6, 6.07) is 12.8. The van der Waals surface area contributed by atoms with Gasteiger partial charge in [0.1, 0.15) is 23.1 Å². The van der Waals surface area contributed by atoms with Crippen molar-refractivity contribution in [2.75, 3.05) is 5.32 Å². The van der Waals surface area contributed by atoms with E-state index in [1.54, 1.807) is 43.5 Å². The molecule has 28 heavy (non-hydrogen) atoms. The molecule has 1 N–H and O–H groups in total. The molecule has 0 aliphatic rings. The molecule has 0 unspecified atom stereocenters. The lowest BCUT2D eigenvalue weighted by Gasteiger charge is -2.10. The molecule has 3 aromatic rings. The molecule has 0 aliphatic heterocycles. The number of anilines is 1. The zero-order chi connectivity index (χ0) is 20.1. The Morgan fingerprint density at radius 2 is 1.82 bits per heavy atom. The first-order chi connectivity index (χ1) is 13.3. The van der Waals surface area contributed by atoms with Gasteiger partial charge >= 0.3 is 6.18 Å². The second-order valence-corrected chi connectivity index (χ2v) is 5.99. The third-order valence-electron chi connectivity index (χ3n) is 3.73. The monoisotopic (exact) mass is 387 g/mol. The molecule has 0 saturated carbocycles. The molecule has 1 amide bonds. The Morgan fingerprint density at radius 1 is 1.07 bits per heavy atom. The fourth-order valence-electron chi connectivity index (χ4n) is 2.45. The summed E-state index contributed by atoms with van der Waals surface area (Å²) >= 11 is 0. The molecule has 144 valence electrons. The molecule has 1 aromatic heterocycles. The standard InChI is InChI=1S/C20H16F3N3O2/c1-13-24-10-9-18(25-13)26-19(27)11-14-5-7-16(8-6-14)28-17-4-2-3-15(12-17)20(21,22)23/h2-10,12H,11H2,1H3,(H,24,25,26,27). The molecule has 0 spiro atoms. The van der Waals surface area contributed by atoms with Crippen molar-refractivity contribution in [3.8, 4) is 11.5 Å². The molecule has 8 heteroatoms. The number of amides is 1. The minimum absolute atomic E-state index is 0.0828. The summed E-state index contributed by atoms with van der Waals surface area (Å²) in [7, 11) is 0. The van der Waals surface area contributed by atoms with Crippen LogP contribution in [0, 0.1) is 6.92 Å². The largest absolute Gasteiger partial charge is 0.457 e. The molecular weight excluding hydrogens is 371 g/mol. The lowest BCUT2D eigenvalue weighted by molar-refractivity contribution is -0.137. The van der Waals surface area contributed by atoms with Crippen molar-refractivity contribution in [1.29, 1.82) is 0 Å². The van der Waals surface area contributed by atoms with Crippen LogP contribution in [0.1, 0.15) is 17.0 Å². The van der Waals surface area contributed by atoms with E-state index in [2.05, 4.69) is 15.3 Å². The van der Waals surface area contributed by atoms with E-state index in [9.17, 15) is 18.0 Å². The number of rotatable bonds is 5. The van der Waals surface area contributed by atoms with Crippen molar-refractivity contribution in [2.45, 2.75) is 19.5 Å². The average Bonchev–Trinajstić information content (AvgIpc) is 2.63. The molecule has 0 fully saturated rings. The summed E-state index contributed by atoms with van der Waals surface area (Å²) in [5, 5.41) is 2.68. The predicted octanol–water partition coefficient (Wildman–Crippen LogP) is 4.78. The molecule has 1 heterocycles. The first-order valence-corrected chi connectivity index (χ1v) is 8.33. The van der Waals surface area contributed by atoms with E-state index < -0.39 is 11.7 Å². The van der Waals surface area contributed by atoms with Gasteiger partial charge in [-0.2, -0.15) is 13.2 Å². The normalized spacial score (nSPS) is 11.1. The quantitative estimate of drug-likeness (QED) is 0.685. The summed E-state index contributed by atoms with van der Waals surface area (Å²) < 4.78 is 43.7. The Hall–Kier alpha value is -3.42. The SMILES string of the molecule is Cc1nccc(NC(=O)Cc2ccc(Oc3cccc(C(F)(F)F)c3)cc2)n1. The van der Waals surface area contributed by atoms with Crippen LogP contribution < -0.4 is 10.1 Å². The number of aromatic nitrogens is 2. The fraction of sp³-hybridized carbons (Fsp3) is 0.150. The summed E-state index contributed by atoms with van der Waals surface area (Å²) in [4.78, 5) is 20.1. The number of carbonyl (C=O) groups excluding carboxylic acids is 1. The summed E-state index contributed by atoms with van der Waals surface area (Å²) in [6.45, 7) is 1.72. The number of ether oxygens (including phenoxy) is 1. The van der Waals surface area contributed by atoms with Gasteiger partial charge in [-0.05, 0) is 48.9 Å². The molecule has 0 radical (unpaired) electrons. The number of hydrogen-bond donors (Lipinski definition) is 1. The van der Waals surface area contributed by atoms with Crippen LogP contribution in [0.5, 0.6) is 11.5 Å². The molecule has 3 rings (SSSR count). The Bertz CT molecular complexity index is 973. The zero-order valence-electron chi connectivity index (χ0n) is 14.8. The Labute approximate surface area is 159 Å². The number of alkyl halides is 3. The van der Waals surface area contributed by atoms with Gasteiger partial charge in [-0.15, -0.1) is 0 Å². The van der Waals surface area contributed by atoms with Crippen LogP contribution in [0.15, 0.2) is 60.8 Å². The Balaban J connectivity index is 1.61. The van der Waals surface area contributed by atoms with Crippen LogP contribution in [0.3, 0.4) is 0 Å². The summed E-state index contributed by atoms with van der Waals surface area (Å²) in [6.07, 6.45) is -2.76. The predicted molar refractivity (Wildman–Crippen MR) is 97.1 cm³/mol. The smallest absolute Gasteiger partial charge is 0.416 e. The van der Waals surface area contributed by atoms with E-state index in [0.29, 0.717) is 17.4 Å². The summed E-state index contributed by atoms with van der Waals surface area (Å²) in [5.74, 6) is 1.18. The van der Waals surface area contributed by atoms with Crippen molar-refractivity contribution < 1.29 is 22.7 Å². The molecule has 5 nitrogen and oxygen atoms in total. The van der Waals surface area contributed by atoms with Gasteiger partial charge in [0.05, 0.1) is 12.0 Å². The van der Waals surface area contributed by atoms with Crippen LogP contribution in [-0.4, -0.2) is 15.9 Å². The first-order valence-electron chi connectivity index (χ1n) is 8.33. The highest BCUT2D eigenvalue weighted by molar-refractivity contribution is 5.91. The molecule has 0 bridgehead atoms. The molecule has 2 aromatic carbocycles.